The number of benzene rings is 1. The average Bonchev–Trinajstić information content (AvgIpc) is 2.18. The Labute approximate surface area is 105 Å². The Hall–Kier alpha value is -0.120. The fraction of sp³-hybridized carbons (Fsp3) is 0.455. The Balaban J connectivity index is 0.00000196. The number of rotatable bonds is 4. The molecule has 0 aliphatic heterocycles. The zero-order valence-corrected chi connectivity index (χ0v) is 11.1. The van der Waals surface area contributed by atoms with Crippen molar-refractivity contribution in [2.24, 2.45) is 5.73 Å². The molecule has 4 heteroatoms. The third-order valence-corrected chi connectivity index (χ3v) is 2.95. The molecule has 0 bridgehead atoms. The molecule has 2 N–H and O–H groups in total. The molecule has 0 amide bonds. The van der Waals surface area contributed by atoms with E-state index in [0.717, 1.165) is 29.3 Å². The van der Waals surface area contributed by atoms with Crippen LogP contribution in [0.3, 0.4) is 0 Å². The summed E-state index contributed by atoms with van der Waals surface area (Å²) in [5.41, 5.74) is 6.81. The highest BCUT2D eigenvalue weighted by atomic mass is 79.9. The van der Waals surface area contributed by atoms with Gasteiger partial charge in [0, 0.05) is 10.5 Å². The average molecular weight is 297 g/mol. The molecule has 1 aromatic rings. The summed E-state index contributed by atoms with van der Waals surface area (Å²) in [6, 6.07) is 4.57. The van der Waals surface area contributed by atoms with Crippen molar-refractivity contribution in [1.82, 2.24) is 0 Å². The van der Waals surface area contributed by atoms with Crippen molar-refractivity contribution < 1.29 is 4.39 Å². The first kappa shape index (κ1) is 14.9. The van der Waals surface area contributed by atoms with Gasteiger partial charge < -0.3 is 5.73 Å². The van der Waals surface area contributed by atoms with E-state index in [-0.39, 0.29) is 24.3 Å². The van der Waals surface area contributed by atoms with Crippen molar-refractivity contribution >= 4 is 28.3 Å². The van der Waals surface area contributed by atoms with Gasteiger partial charge in [-0.3, -0.25) is 0 Å². The second-order valence-electron chi connectivity index (χ2n) is 3.41. The van der Waals surface area contributed by atoms with Crippen LogP contribution in [0.2, 0.25) is 0 Å². The van der Waals surface area contributed by atoms with Gasteiger partial charge in [-0.05, 0) is 30.2 Å². The molecule has 0 aliphatic rings. The smallest absolute Gasteiger partial charge is 0.123 e. The van der Waals surface area contributed by atoms with Gasteiger partial charge in [0.2, 0.25) is 0 Å². The van der Waals surface area contributed by atoms with Gasteiger partial charge in [-0.1, -0.05) is 35.7 Å². The molecule has 1 nitrogen and oxygen atoms in total. The van der Waals surface area contributed by atoms with Crippen LogP contribution in [0.5, 0.6) is 0 Å². The summed E-state index contributed by atoms with van der Waals surface area (Å²) < 4.78 is 13.8. The van der Waals surface area contributed by atoms with Crippen LogP contribution in [0.1, 0.15) is 37.8 Å². The molecule has 1 aromatic carbocycles. The summed E-state index contributed by atoms with van der Waals surface area (Å²) >= 11 is 3.38. The molecule has 0 spiro atoms. The van der Waals surface area contributed by atoms with Gasteiger partial charge in [0.05, 0.1) is 0 Å². The number of halogens is 3. The minimum Gasteiger partial charge on any atom is -0.324 e. The van der Waals surface area contributed by atoms with Crippen LogP contribution in [-0.4, -0.2) is 0 Å². The van der Waals surface area contributed by atoms with Crippen LogP contribution in [0.25, 0.3) is 0 Å². The molecule has 0 saturated heterocycles. The van der Waals surface area contributed by atoms with E-state index in [4.69, 9.17) is 5.73 Å². The minimum absolute atomic E-state index is 0. The molecule has 0 fully saturated rings. The Morgan fingerprint density at radius 1 is 1.47 bits per heavy atom. The van der Waals surface area contributed by atoms with E-state index in [2.05, 4.69) is 22.9 Å². The number of hydrogen-bond donors (Lipinski definition) is 1. The van der Waals surface area contributed by atoms with Crippen LogP contribution in [0.4, 0.5) is 4.39 Å². The second-order valence-corrected chi connectivity index (χ2v) is 4.27. The van der Waals surface area contributed by atoms with Crippen LogP contribution in [0.15, 0.2) is 22.7 Å². The molecule has 0 unspecified atom stereocenters. The van der Waals surface area contributed by atoms with Crippen molar-refractivity contribution in [3.63, 3.8) is 0 Å². The highest BCUT2D eigenvalue weighted by Crippen LogP contribution is 2.25. The third-order valence-electron chi connectivity index (χ3n) is 2.23. The maximum absolute atomic E-state index is 13.0. The quantitative estimate of drug-likeness (QED) is 0.885. The summed E-state index contributed by atoms with van der Waals surface area (Å²) in [5, 5.41) is 0. The summed E-state index contributed by atoms with van der Waals surface area (Å²) in [6.45, 7) is 2.12. The molecule has 1 rings (SSSR count). The zero-order chi connectivity index (χ0) is 10.6. The maximum Gasteiger partial charge on any atom is 0.123 e. The van der Waals surface area contributed by atoms with E-state index in [9.17, 15) is 4.39 Å². The van der Waals surface area contributed by atoms with Gasteiger partial charge in [-0.15, -0.1) is 12.4 Å². The fourth-order valence-corrected chi connectivity index (χ4v) is 1.92. The van der Waals surface area contributed by atoms with Gasteiger partial charge >= 0.3 is 0 Å². The van der Waals surface area contributed by atoms with Gasteiger partial charge in [-0.2, -0.15) is 0 Å². The van der Waals surface area contributed by atoms with Crippen molar-refractivity contribution in [2.45, 2.75) is 32.2 Å². The van der Waals surface area contributed by atoms with Crippen LogP contribution < -0.4 is 5.73 Å². The van der Waals surface area contributed by atoms with Crippen LogP contribution in [-0.2, 0) is 0 Å². The van der Waals surface area contributed by atoms with Gasteiger partial charge in [-0.25, -0.2) is 4.39 Å². The molecular formula is C11H16BrClFN. The molecule has 0 radical (unpaired) electrons. The standard InChI is InChI=1S/C11H15BrFN.ClH/c1-2-3-4-11(14)9-7-8(13)5-6-10(9)12;/h5-7,11H,2-4,14H2,1H3;1H/t11-;/m1./s1. The van der Waals surface area contributed by atoms with E-state index in [1.54, 1.807) is 6.07 Å². The van der Waals surface area contributed by atoms with Crippen molar-refractivity contribution in [3.8, 4) is 0 Å². The Kier molecular flexibility index (Phi) is 7.14. The van der Waals surface area contributed by atoms with E-state index >= 15 is 0 Å². The first-order valence-corrected chi connectivity index (χ1v) is 5.65. The zero-order valence-electron chi connectivity index (χ0n) is 8.67. The monoisotopic (exact) mass is 295 g/mol. The molecule has 0 saturated carbocycles. The lowest BCUT2D eigenvalue weighted by atomic mass is 10.0. The highest BCUT2D eigenvalue weighted by Gasteiger charge is 2.09. The van der Waals surface area contributed by atoms with Crippen LogP contribution in [0, 0.1) is 5.82 Å². The summed E-state index contributed by atoms with van der Waals surface area (Å²) in [6.07, 6.45) is 3.09. The van der Waals surface area contributed by atoms with Gasteiger partial charge in [0.15, 0.2) is 0 Å². The predicted molar refractivity (Wildman–Crippen MR) is 67.8 cm³/mol. The van der Waals surface area contributed by atoms with E-state index in [1.807, 2.05) is 0 Å². The van der Waals surface area contributed by atoms with Crippen molar-refractivity contribution in [2.75, 3.05) is 0 Å². The molecule has 15 heavy (non-hydrogen) atoms. The third kappa shape index (κ3) is 4.49. The number of nitrogens with two attached hydrogens (primary N) is 1. The summed E-state index contributed by atoms with van der Waals surface area (Å²) in [5.74, 6) is -0.227. The maximum atomic E-state index is 13.0. The van der Waals surface area contributed by atoms with Crippen molar-refractivity contribution in [3.05, 3.63) is 34.1 Å². The molecule has 1 atom stereocenters. The normalized spacial score (nSPS) is 12.0. The highest BCUT2D eigenvalue weighted by molar-refractivity contribution is 9.10. The fourth-order valence-electron chi connectivity index (χ4n) is 1.38. The minimum atomic E-state index is -0.227. The Morgan fingerprint density at radius 2 is 2.13 bits per heavy atom. The first-order valence-electron chi connectivity index (χ1n) is 4.85. The second kappa shape index (κ2) is 7.20. The number of hydrogen-bond acceptors (Lipinski definition) is 1. The first-order chi connectivity index (χ1) is 6.65. The van der Waals surface area contributed by atoms with Crippen LogP contribution >= 0.6 is 28.3 Å². The molecule has 86 valence electrons. The van der Waals surface area contributed by atoms with Gasteiger partial charge in [0.25, 0.3) is 0 Å². The lowest BCUT2D eigenvalue weighted by molar-refractivity contribution is 0.586. The number of unbranched alkanes of at least 4 members (excludes halogenated alkanes) is 1. The van der Waals surface area contributed by atoms with E-state index < -0.39 is 0 Å². The molecule has 0 heterocycles. The Morgan fingerprint density at radius 3 is 2.73 bits per heavy atom. The van der Waals surface area contributed by atoms with E-state index in [0.29, 0.717) is 0 Å². The summed E-state index contributed by atoms with van der Waals surface area (Å²) in [7, 11) is 0. The van der Waals surface area contributed by atoms with E-state index in [1.165, 1.54) is 12.1 Å². The largest absolute Gasteiger partial charge is 0.324 e. The topological polar surface area (TPSA) is 26.0 Å². The lowest BCUT2D eigenvalue weighted by Crippen LogP contribution is -2.11. The molecular weight excluding hydrogens is 280 g/mol. The lowest BCUT2D eigenvalue weighted by Gasteiger charge is -2.13. The van der Waals surface area contributed by atoms with Crippen molar-refractivity contribution in [1.29, 1.82) is 0 Å². The molecule has 0 aliphatic carbocycles. The predicted octanol–water partition coefficient (Wildman–Crippen LogP) is 4.20. The van der Waals surface area contributed by atoms with Gasteiger partial charge in [0.1, 0.15) is 5.82 Å². The molecule has 0 aromatic heterocycles. The summed E-state index contributed by atoms with van der Waals surface area (Å²) in [4.78, 5) is 0. The SMILES string of the molecule is CCCC[C@@H](N)c1cc(F)ccc1Br.Cl. The Bertz CT molecular complexity index is 307.